The Morgan fingerprint density at radius 3 is 2.91 bits per heavy atom. The first-order valence-electron chi connectivity index (χ1n) is 8.54. The number of rotatable bonds is 5. The number of aryl methyl sites for hydroxylation is 2. The lowest BCUT2D eigenvalue weighted by Gasteiger charge is -2.16. The number of hydrogen-bond acceptors (Lipinski definition) is 1. The van der Waals surface area contributed by atoms with Crippen molar-refractivity contribution in [1.82, 2.24) is 4.57 Å². The smallest absolute Gasteiger partial charge is 0.132 e. The van der Waals surface area contributed by atoms with Gasteiger partial charge in [-0.25, -0.2) is 0 Å². The molecule has 0 fully saturated rings. The summed E-state index contributed by atoms with van der Waals surface area (Å²) < 4.78 is 2.34. The molecule has 2 heterocycles. The van der Waals surface area contributed by atoms with Crippen molar-refractivity contribution in [3.63, 3.8) is 0 Å². The van der Waals surface area contributed by atoms with Gasteiger partial charge in [-0.05, 0) is 55.0 Å². The molecule has 0 N–H and O–H groups in total. The maximum atomic E-state index is 11.7. The molecule has 2 aromatic rings. The van der Waals surface area contributed by atoms with Gasteiger partial charge in [0.05, 0.1) is 0 Å². The summed E-state index contributed by atoms with van der Waals surface area (Å²) in [6, 6.07) is 11.2. The number of Topliss-reactive ketones (excluding diaryl/α,β-unsaturated/α-hetero) is 1. The van der Waals surface area contributed by atoms with Crippen molar-refractivity contribution in [2.45, 2.75) is 58.3 Å². The summed E-state index contributed by atoms with van der Waals surface area (Å²) in [6.07, 6.45) is 7.85. The Bertz CT molecular complexity index is 668. The summed E-state index contributed by atoms with van der Waals surface area (Å²) in [4.78, 5) is 11.7. The number of nitrogens with zero attached hydrogens (tertiary/aromatic N) is 1. The maximum absolute atomic E-state index is 11.7. The molecule has 0 spiro atoms. The van der Waals surface area contributed by atoms with Crippen molar-refractivity contribution in [2.75, 3.05) is 0 Å². The SMILES string of the molecule is CCC(=O)CCC1CCc2cc(CC)ccc2-n2cccc21. The van der Waals surface area contributed by atoms with Crippen LogP contribution in [0.15, 0.2) is 36.5 Å². The first-order valence-corrected chi connectivity index (χ1v) is 8.54. The van der Waals surface area contributed by atoms with Crippen molar-refractivity contribution in [1.29, 1.82) is 0 Å². The Balaban J connectivity index is 1.91. The first-order chi connectivity index (χ1) is 10.7. The van der Waals surface area contributed by atoms with Crippen LogP contribution in [0.1, 0.15) is 62.3 Å². The van der Waals surface area contributed by atoms with Crippen LogP contribution in [0, 0.1) is 0 Å². The zero-order chi connectivity index (χ0) is 15.5. The zero-order valence-corrected chi connectivity index (χ0v) is 13.6. The van der Waals surface area contributed by atoms with Gasteiger partial charge in [-0.2, -0.15) is 0 Å². The van der Waals surface area contributed by atoms with Crippen LogP contribution < -0.4 is 0 Å². The van der Waals surface area contributed by atoms with Crippen molar-refractivity contribution in [2.24, 2.45) is 0 Å². The van der Waals surface area contributed by atoms with Gasteiger partial charge in [-0.15, -0.1) is 0 Å². The van der Waals surface area contributed by atoms with E-state index in [-0.39, 0.29) is 0 Å². The zero-order valence-electron chi connectivity index (χ0n) is 13.6. The van der Waals surface area contributed by atoms with Crippen molar-refractivity contribution >= 4 is 5.78 Å². The molecule has 0 saturated carbocycles. The fraction of sp³-hybridized carbons (Fsp3) is 0.450. The van der Waals surface area contributed by atoms with Crippen LogP contribution in [-0.4, -0.2) is 10.4 Å². The number of hydrogen-bond donors (Lipinski definition) is 0. The molecule has 0 aliphatic carbocycles. The van der Waals surface area contributed by atoms with E-state index < -0.39 is 0 Å². The van der Waals surface area contributed by atoms with E-state index in [1.165, 1.54) is 22.5 Å². The highest BCUT2D eigenvalue weighted by Crippen LogP contribution is 2.34. The van der Waals surface area contributed by atoms with Gasteiger partial charge in [-0.3, -0.25) is 4.79 Å². The van der Waals surface area contributed by atoms with E-state index in [4.69, 9.17) is 0 Å². The van der Waals surface area contributed by atoms with Gasteiger partial charge in [0, 0.05) is 36.3 Å². The Labute approximate surface area is 133 Å². The molecule has 0 saturated heterocycles. The lowest BCUT2D eigenvalue weighted by Crippen LogP contribution is -2.06. The second kappa shape index (κ2) is 6.51. The van der Waals surface area contributed by atoms with E-state index in [1.807, 2.05) is 6.92 Å². The third kappa shape index (κ3) is 2.87. The average Bonchev–Trinajstić information content (AvgIpc) is 2.98. The minimum atomic E-state index is 0.383. The van der Waals surface area contributed by atoms with Gasteiger partial charge in [0.1, 0.15) is 5.78 Å². The molecule has 2 heteroatoms. The van der Waals surface area contributed by atoms with Gasteiger partial charge in [0.25, 0.3) is 0 Å². The number of aromatic nitrogens is 1. The van der Waals surface area contributed by atoms with Crippen LogP contribution >= 0.6 is 0 Å². The Kier molecular flexibility index (Phi) is 4.47. The van der Waals surface area contributed by atoms with E-state index >= 15 is 0 Å². The standard InChI is InChI=1S/C20H25NO/c1-3-15-7-12-20-17(14-15)9-8-16(10-11-18(22)4-2)19-6-5-13-21(19)20/h5-7,12-14,16H,3-4,8-11H2,1-2H3. The molecule has 1 atom stereocenters. The minimum absolute atomic E-state index is 0.383. The number of carbonyl (C=O) groups excluding carboxylic acids is 1. The summed E-state index contributed by atoms with van der Waals surface area (Å²) in [5, 5.41) is 0. The average molecular weight is 295 g/mol. The van der Waals surface area contributed by atoms with E-state index in [0.29, 0.717) is 24.5 Å². The van der Waals surface area contributed by atoms with Gasteiger partial charge in [0.15, 0.2) is 0 Å². The first kappa shape index (κ1) is 15.1. The van der Waals surface area contributed by atoms with E-state index in [1.54, 1.807) is 0 Å². The summed E-state index contributed by atoms with van der Waals surface area (Å²) in [5.41, 5.74) is 5.54. The van der Waals surface area contributed by atoms with Crippen LogP contribution in [-0.2, 0) is 17.6 Å². The van der Waals surface area contributed by atoms with Gasteiger partial charge in [-0.1, -0.05) is 26.0 Å². The molecule has 0 amide bonds. The molecule has 1 unspecified atom stereocenters. The molecule has 1 aromatic carbocycles. The highest BCUT2D eigenvalue weighted by atomic mass is 16.1. The Morgan fingerprint density at radius 1 is 1.27 bits per heavy atom. The predicted molar refractivity (Wildman–Crippen MR) is 90.7 cm³/mol. The molecular weight excluding hydrogens is 270 g/mol. The molecule has 0 bridgehead atoms. The quantitative estimate of drug-likeness (QED) is 0.774. The molecule has 116 valence electrons. The predicted octanol–water partition coefficient (Wildman–Crippen LogP) is 4.83. The number of fused-ring (bicyclic) bond motifs is 3. The third-order valence-electron chi connectivity index (χ3n) is 4.94. The molecule has 2 nitrogen and oxygen atoms in total. The van der Waals surface area contributed by atoms with Crippen molar-refractivity contribution < 1.29 is 4.79 Å². The van der Waals surface area contributed by atoms with Crippen LogP contribution in [0.3, 0.4) is 0 Å². The Morgan fingerprint density at radius 2 is 2.14 bits per heavy atom. The highest BCUT2D eigenvalue weighted by molar-refractivity contribution is 5.78. The van der Waals surface area contributed by atoms with Crippen LogP contribution in [0.4, 0.5) is 0 Å². The van der Waals surface area contributed by atoms with Gasteiger partial charge < -0.3 is 4.57 Å². The van der Waals surface area contributed by atoms with E-state index in [2.05, 4.69) is 48.0 Å². The van der Waals surface area contributed by atoms with Crippen molar-refractivity contribution in [3.8, 4) is 5.69 Å². The molecule has 1 aromatic heterocycles. The number of carbonyl (C=O) groups is 1. The molecular formula is C20H25NO. The molecule has 3 rings (SSSR count). The van der Waals surface area contributed by atoms with Gasteiger partial charge in [0.2, 0.25) is 0 Å². The monoisotopic (exact) mass is 295 g/mol. The fourth-order valence-corrected chi connectivity index (χ4v) is 3.52. The topological polar surface area (TPSA) is 22.0 Å². The molecule has 1 aliphatic rings. The summed E-state index contributed by atoms with van der Waals surface area (Å²) in [5.74, 6) is 0.871. The highest BCUT2D eigenvalue weighted by Gasteiger charge is 2.22. The van der Waals surface area contributed by atoms with Gasteiger partial charge >= 0.3 is 0 Å². The normalized spacial score (nSPS) is 16.7. The van der Waals surface area contributed by atoms with E-state index in [9.17, 15) is 4.79 Å². The lowest BCUT2D eigenvalue weighted by molar-refractivity contribution is -0.118. The second-order valence-corrected chi connectivity index (χ2v) is 6.29. The molecule has 0 radical (unpaired) electrons. The largest absolute Gasteiger partial charge is 0.320 e. The number of benzene rings is 1. The lowest BCUT2D eigenvalue weighted by atomic mass is 9.92. The Hall–Kier alpha value is -1.83. The van der Waals surface area contributed by atoms with Crippen LogP contribution in [0.2, 0.25) is 0 Å². The summed E-state index contributed by atoms with van der Waals surface area (Å²) in [6.45, 7) is 4.17. The summed E-state index contributed by atoms with van der Waals surface area (Å²) in [7, 11) is 0. The molecule has 22 heavy (non-hydrogen) atoms. The minimum Gasteiger partial charge on any atom is -0.320 e. The summed E-state index contributed by atoms with van der Waals surface area (Å²) >= 11 is 0. The fourth-order valence-electron chi connectivity index (χ4n) is 3.52. The van der Waals surface area contributed by atoms with Crippen LogP contribution in [0.5, 0.6) is 0 Å². The van der Waals surface area contributed by atoms with Crippen molar-refractivity contribution in [3.05, 3.63) is 53.3 Å². The molecule has 1 aliphatic heterocycles. The van der Waals surface area contributed by atoms with E-state index in [0.717, 1.165) is 25.7 Å². The third-order valence-corrected chi connectivity index (χ3v) is 4.94. The maximum Gasteiger partial charge on any atom is 0.132 e. The second-order valence-electron chi connectivity index (χ2n) is 6.29. The van der Waals surface area contributed by atoms with Crippen LogP contribution in [0.25, 0.3) is 5.69 Å². The number of ketones is 1.